The maximum Gasteiger partial charge on any atom is 0.249 e. The van der Waals surface area contributed by atoms with Gasteiger partial charge in [0.05, 0.1) is 24.2 Å². The van der Waals surface area contributed by atoms with Crippen molar-refractivity contribution in [2.75, 3.05) is 6.61 Å². The van der Waals surface area contributed by atoms with Crippen LogP contribution in [0.5, 0.6) is 0 Å². The number of carbonyl (C=O) groups is 3. The van der Waals surface area contributed by atoms with Crippen molar-refractivity contribution in [3.63, 3.8) is 0 Å². The molecule has 1 aromatic rings. The van der Waals surface area contributed by atoms with E-state index in [0.717, 1.165) is 0 Å². The smallest absolute Gasteiger partial charge is 0.249 e. The molecule has 7 nitrogen and oxygen atoms in total. The standard InChI is InChI=1S/C8H8N2O2.C3H5NO2/c9-7(11)5-3-1-2-4-6(5)8(10)12;5-3-1-2-6-4-3/h1-4H,(H2,9,11)(H2,10,12);1-2H2,(H,4,5). The molecule has 1 aliphatic rings. The Kier molecular flexibility index (Phi) is 4.82. The van der Waals surface area contributed by atoms with Gasteiger partial charge in [0, 0.05) is 0 Å². The maximum absolute atomic E-state index is 10.7. The molecule has 0 radical (unpaired) electrons. The van der Waals surface area contributed by atoms with Gasteiger partial charge in [-0.25, -0.2) is 5.48 Å². The van der Waals surface area contributed by atoms with E-state index in [-0.39, 0.29) is 17.0 Å². The minimum absolute atomic E-state index is 0.0185. The zero-order valence-corrected chi connectivity index (χ0v) is 9.51. The molecule has 96 valence electrons. The average Bonchev–Trinajstić information content (AvgIpc) is 2.81. The van der Waals surface area contributed by atoms with Crippen molar-refractivity contribution < 1.29 is 19.2 Å². The lowest BCUT2D eigenvalue weighted by atomic mass is 10.1. The molecule has 7 heteroatoms. The first-order valence-electron chi connectivity index (χ1n) is 5.11. The monoisotopic (exact) mass is 251 g/mol. The Balaban J connectivity index is 0.000000225. The zero-order valence-electron chi connectivity index (χ0n) is 9.51. The van der Waals surface area contributed by atoms with Crippen LogP contribution in [0.3, 0.4) is 0 Å². The van der Waals surface area contributed by atoms with Gasteiger partial charge < -0.3 is 11.5 Å². The normalized spacial score (nSPS) is 13.2. The number of nitrogens with two attached hydrogens (primary N) is 2. The van der Waals surface area contributed by atoms with Crippen LogP contribution in [0.2, 0.25) is 0 Å². The summed E-state index contributed by atoms with van der Waals surface area (Å²) in [5.74, 6) is -1.32. The van der Waals surface area contributed by atoms with Gasteiger partial charge in [0.15, 0.2) is 0 Å². The molecule has 1 aliphatic heterocycles. The van der Waals surface area contributed by atoms with Crippen molar-refractivity contribution >= 4 is 17.7 Å². The molecule has 3 amide bonds. The molecule has 0 bridgehead atoms. The van der Waals surface area contributed by atoms with Gasteiger partial charge in [-0.3, -0.25) is 19.2 Å². The van der Waals surface area contributed by atoms with E-state index >= 15 is 0 Å². The summed E-state index contributed by atoms with van der Waals surface area (Å²) in [7, 11) is 0. The Morgan fingerprint density at radius 2 is 1.61 bits per heavy atom. The number of nitrogens with one attached hydrogen (secondary N) is 1. The highest BCUT2D eigenvalue weighted by Gasteiger charge is 2.10. The largest absolute Gasteiger partial charge is 0.366 e. The number of hydroxylamine groups is 1. The summed E-state index contributed by atoms with van der Waals surface area (Å²) in [4.78, 5) is 35.9. The second-order valence-corrected chi connectivity index (χ2v) is 3.40. The van der Waals surface area contributed by atoms with E-state index < -0.39 is 11.8 Å². The van der Waals surface area contributed by atoms with Gasteiger partial charge >= 0.3 is 0 Å². The molecule has 0 saturated carbocycles. The molecule has 0 aromatic heterocycles. The predicted octanol–water partition coefficient (Wildman–Crippen LogP) is -0.678. The first-order valence-corrected chi connectivity index (χ1v) is 5.11. The van der Waals surface area contributed by atoms with Gasteiger partial charge in [-0.1, -0.05) is 12.1 Å². The van der Waals surface area contributed by atoms with E-state index in [2.05, 4.69) is 10.3 Å². The average molecular weight is 251 g/mol. The molecule has 1 fully saturated rings. The van der Waals surface area contributed by atoms with E-state index in [4.69, 9.17) is 11.5 Å². The summed E-state index contributed by atoms with van der Waals surface area (Å²) in [6, 6.07) is 6.16. The summed E-state index contributed by atoms with van der Waals surface area (Å²) in [6.45, 7) is 0.527. The molecule has 0 aliphatic carbocycles. The van der Waals surface area contributed by atoms with Gasteiger partial charge in [0.1, 0.15) is 0 Å². The van der Waals surface area contributed by atoms with E-state index in [1.807, 2.05) is 0 Å². The summed E-state index contributed by atoms with van der Waals surface area (Å²) < 4.78 is 0. The molecule has 1 heterocycles. The number of carbonyl (C=O) groups excluding carboxylic acids is 3. The predicted molar refractivity (Wildman–Crippen MR) is 62.2 cm³/mol. The second-order valence-electron chi connectivity index (χ2n) is 3.40. The lowest BCUT2D eigenvalue weighted by Crippen LogP contribution is -2.20. The Labute approximate surface area is 103 Å². The molecule has 18 heavy (non-hydrogen) atoms. The minimum Gasteiger partial charge on any atom is -0.366 e. The fourth-order valence-electron chi connectivity index (χ4n) is 1.24. The quantitative estimate of drug-likeness (QED) is 0.644. The lowest BCUT2D eigenvalue weighted by molar-refractivity contribution is -0.124. The molecular formula is C11H13N3O4. The minimum atomic E-state index is -0.649. The van der Waals surface area contributed by atoms with Crippen LogP contribution in [0.15, 0.2) is 24.3 Å². The zero-order chi connectivity index (χ0) is 13.5. The third-order valence-corrected chi connectivity index (χ3v) is 2.08. The van der Waals surface area contributed by atoms with Crippen molar-refractivity contribution in [3.8, 4) is 0 Å². The van der Waals surface area contributed by atoms with Crippen LogP contribution >= 0.6 is 0 Å². The molecule has 0 spiro atoms. The van der Waals surface area contributed by atoms with Gasteiger partial charge in [-0.2, -0.15) is 0 Å². The molecule has 1 aromatic carbocycles. The number of hydrogen-bond acceptors (Lipinski definition) is 4. The second kappa shape index (κ2) is 6.36. The van der Waals surface area contributed by atoms with Crippen molar-refractivity contribution in [1.29, 1.82) is 0 Å². The van der Waals surface area contributed by atoms with Gasteiger partial charge in [-0.15, -0.1) is 0 Å². The van der Waals surface area contributed by atoms with Crippen LogP contribution in [0, 0.1) is 0 Å². The van der Waals surface area contributed by atoms with Gasteiger partial charge in [0.25, 0.3) is 0 Å². The Bertz CT molecular complexity index is 432. The molecule has 0 unspecified atom stereocenters. The molecule has 1 saturated heterocycles. The van der Waals surface area contributed by atoms with Gasteiger partial charge in [0.2, 0.25) is 17.7 Å². The highest BCUT2D eigenvalue weighted by Crippen LogP contribution is 2.06. The first-order chi connectivity index (χ1) is 8.52. The summed E-state index contributed by atoms with van der Waals surface area (Å²) in [5, 5.41) is 0. The van der Waals surface area contributed by atoms with Crippen LogP contribution in [0.4, 0.5) is 0 Å². The Morgan fingerprint density at radius 3 is 1.83 bits per heavy atom. The van der Waals surface area contributed by atoms with Crippen LogP contribution in [-0.4, -0.2) is 24.3 Å². The molecular weight excluding hydrogens is 238 g/mol. The highest BCUT2D eigenvalue weighted by atomic mass is 16.7. The summed E-state index contributed by atoms with van der Waals surface area (Å²) in [6.07, 6.45) is 0.514. The van der Waals surface area contributed by atoms with Crippen LogP contribution in [0.1, 0.15) is 27.1 Å². The number of primary amides is 2. The summed E-state index contributed by atoms with van der Waals surface area (Å²) in [5.41, 5.74) is 12.5. The molecule has 5 N–H and O–H groups in total. The third kappa shape index (κ3) is 3.87. The van der Waals surface area contributed by atoms with Crippen molar-refractivity contribution in [3.05, 3.63) is 35.4 Å². The van der Waals surface area contributed by atoms with E-state index in [9.17, 15) is 14.4 Å². The number of rotatable bonds is 2. The van der Waals surface area contributed by atoms with E-state index in [0.29, 0.717) is 13.0 Å². The van der Waals surface area contributed by atoms with Crippen molar-refractivity contribution in [1.82, 2.24) is 5.48 Å². The number of hydrogen-bond donors (Lipinski definition) is 3. The lowest BCUT2D eigenvalue weighted by Gasteiger charge is -2.00. The third-order valence-electron chi connectivity index (χ3n) is 2.08. The van der Waals surface area contributed by atoms with Crippen molar-refractivity contribution in [2.45, 2.75) is 6.42 Å². The Hall–Kier alpha value is -2.41. The number of amides is 3. The van der Waals surface area contributed by atoms with Crippen LogP contribution in [-0.2, 0) is 9.63 Å². The molecule has 0 atom stereocenters. The SMILES string of the molecule is NC(=O)c1ccccc1C(N)=O.O=C1CCON1. The highest BCUT2D eigenvalue weighted by molar-refractivity contribution is 6.06. The first kappa shape index (κ1) is 13.7. The fourth-order valence-corrected chi connectivity index (χ4v) is 1.24. The van der Waals surface area contributed by atoms with Crippen LogP contribution in [0.25, 0.3) is 0 Å². The maximum atomic E-state index is 10.7. The topological polar surface area (TPSA) is 125 Å². The van der Waals surface area contributed by atoms with E-state index in [1.165, 1.54) is 12.1 Å². The van der Waals surface area contributed by atoms with Gasteiger partial charge in [-0.05, 0) is 12.1 Å². The van der Waals surface area contributed by atoms with Crippen LogP contribution < -0.4 is 16.9 Å². The number of benzene rings is 1. The Morgan fingerprint density at radius 1 is 1.11 bits per heavy atom. The van der Waals surface area contributed by atoms with E-state index in [1.54, 1.807) is 12.1 Å². The van der Waals surface area contributed by atoms with Crippen molar-refractivity contribution in [2.24, 2.45) is 11.5 Å². The molecule has 2 rings (SSSR count). The fraction of sp³-hybridized carbons (Fsp3) is 0.182. The summed E-state index contributed by atoms with van der Waals surface area (Å²) >= 11 is 0.